The Kier molecular flexibility index (Phi) is 6.02. The Morgan fingerprint density at radius 2 is 2.16 bits per heavy atom. The predicted molar refractivity (Wildman–Crippen MR) is 75.0 cm³/mol. The highest BCUT2D eigenvalue weighted by Gasteiger charge is 2.18. The van der Waals surface area contributed by atoms with Crippen LogP contribution in [-0.4, -0.2) is 33.9 Å². The van der Waals surface area contributed by atoms with E-state index in [2.05, 4.69) is 24.3 Å². The van der Waals surface area contributed by atoms with Crippen LogP contribution in [0, 0.1) is 5.41 Å². The fraction of sp³-hybridized carbons (Fsp3) is 0.714. The summed E-state index contributed by atoms with van der Waals surface area (Å²) in [4.78, 5) is 10.6. The van der Waals surface area contributed by atoms with E-state index >= 15 is 0 Å². The standard InChI is InChI=1S/C14H25N3O2/c1-14(2,7-4-13(18)19)8-11-15-9-5-12-6-10-16-17(12)3/h6,10,15H,4-5,7-9,11H2,1-3H3,(H,18,19). The first kappa shape index (κ1) is 15.7. The number of nitrogens with zero attached hydrogens (tertiary/aromatic N) is 2. The molecule has 19 heavy (non-hydrogen) atoms. The fourth-order valence-electron chi connectivity index (χ4n) is 1.99. The van der Waals surface area contributed by atoms with Gasteiger partial charge in [0.2, 0.25) is 0 Å². The molecule has 0 aliphatic heterocycles. The predicted octanol–water partition coefficient (Wildman–Crippen LogP) is 1.83. The van der Waals surface area contributed by atoms with Crippen molar-refractivity contribution >= 4 is 5.97 Å². The van der Waals surface area contributed by atoms with Crippen molar-refractivity contribution in [2.24, 2.45) is 12.5 Å². The molecule has 0 unspecified atom stereocenters. The zero-order chi connectivity index (χ0) is 14.3. The highest BCUT2D eigenvalue weighted by atomic mass is 16.4. The molecule has 0 bridgehead atoms. The van der Waals surface area contributed by atoms with Gasteiger partial charge in [-0.05, 0) is 30.9 Å². The largest absolute Gasteiger partial charge is 0.481 e. The molecule has 0 aliphatic rings. The van der Waals surface area contributed by atoms with Gasteiger partial charge >= 0.3 is 5.97 Å². The van der Waals surface area contributed by atoms with Gasteiger partial charge in [0.25, 0.3) is 0 Å². The van der Waals surface area contributed by atoms with Crippen molar-refractivity contribution in [1.82, 2.24) is 15.1 Å². The topological polar surface area (TPSA) is 67.2 Å². The van der Waals surface area contributed by atoms with Crippen molar-refractivity contribution in [2.75, 3.05) is 13.1 Å². The molecule has 0 aromatic carbocycles. The number of carbonyl (C=O) groups is 1. The van der Waals surface area contributed by atoms with E-state index in [0.29, 0.717) is 0 Å². The highest BCUT2D eigenvalue weighted by Crippen LogP contribution is 2.25. The molecule has 1 rings (SSSR count). The zero-order valence-corrected chi connectivity index (χ0v) is 12.1. The number of hydrogen-bond donors (Lipinski definition) is 2. The minimum absolute atomic E-state index is 0.0813. The summed E-state index contributed by atoms with van der Waals surface area (Å²) in [7, 11) is 1.95. The molecule has 1 aromatic heterocycles. The number of carboxylic acids is 1. The summed E-state index contributed by atoms with van der Waals surface area (Å²) in [5, 5.41) is 16.2. The summed E-state index contributed by atoms with van der Waals surface area (Å²) in [5.74, 6) is -0.711. The lowest BCUT2D eigenvalue weighted by Crippen LogP contribution is -2.25. The number of aryl methyl sites for hydroxylation is 1. The molecule has 0 fully saturated rings. The molecular weight excluding hydrogens is 242 g/mol. The van der Waals surface area contributed by atoms with Crippen LogP contribution in [-0.2, 0) is 18.3 Å². The highest BCUT2D eigenvalue weighted by molar-refractivity contribution is 5.66. The van der Waals surface area contributed by atoms with Crippen LogP contribution in [0.4, 0.5) is 0 Å². The summed E-state index contributed by atoms with van der Waals surface area (Å²) in [6.07, 6.45) is 4.75. The quantitative estimate of drug-likeness (QED) is 0.670. The van der Waals surface area contributed by atoms with Crippen LogP contribution in [0.15, 0.2) is 12.3 Å². The van der Waals surface area contributed by atoms with Crippen LogP contribution in [0.3, 0.4) is 0 Å². The Labute approximate surface area is 115 Å². The van der Waals surface area contributed by atoms with Crippen LogP contribution in [0.5, 0.6) is 0 Å². The van der Waals surface area contributed by atoms with Gasteiger partial charge in [0, 0.05) is 38.3 Å². The van der Waals surface area contributed by atoms with E-state index < -0.39 is 5.97 Å². The molecule has 5 heteroatoms. The van der Waals surface area contributed by atoms with Crippen LogP contribution in [0.1, 0.15) is 38.8 Å². The first-order valence-corrected chi connectivity index (χ1v) is 6.80. The van der Waals surface area contributed by atoms with Gasteiger partial charge in [-0.15, -0.1) is 0 Å². The first-order valence-electron chi connectivity index (χ1n) is 6.80. The van der Waals surface area contributed by atoms with Crippen LogP contribution in [0.2, 0.25) is 0 Å². The van der Waals surface area contributed by atoms with E-state index in [1.165, 1.54) is 5.69 Å². The third kappa shape index (κ3) is 6.38. The Balaban J connectivity index is 2.13. The monoisotopic (exact) mass is 267 g/mol. The van der Waals surface area contributed by atoms with E-state index in [9.17, 15) is 4.79 Å². The molecule has 0 saturated heterocycles. The molecule has 5 nitrogen and oxygen atoms in total. The van der Waals surface area contributed by atoms with Crippen molar-refractivity contribution in [3.05, 3.63) is 18.0 Å². The second-order valence-corrected chi connectivity index (χ2v) is 5.75. The van der Waals surface area contributed by atoms with Crippen molar-refractivity contribution in [2.45, 2.75) is 39.5 Å². The Bertz CT molecular complexity index is 399. The van der Waals surface area contributed by atoms with Gasteiger partial charge < -0.3 is 10.4 Å². The number of hydrogen-bond acceptors (Lipinski definition) is 3. The third-order valence-corrected chi connectivity index (χ3v) is 3.47. The normalized spacial score (nSPS) is 11.7. The number of nitrogens with one attached hydrogen (secondary N) is 1. The molecule has 0 amide bonds. The summed E-state index contributed by atoms with van der Waals surface area (Å²) < 4.78 is 1.89. The van der Waals surface area contributed by atoms with Gasteiger partial charge in [-0.1, -0.05) is 13.8 Å². The maximum atomic E-state index is 10.6. The maximum Gasteiger partial charge on any atom is 0.303 e. The van der Waals surface area contributed by atoms with Gasteiger partial charge in [0.15, 0.2) is 0 Å². The average molecular weight is 267 g/mol. The molecule has 0 spiro atoms. The van der Waals surface area contributed by atoms with Crippen molar-refractivity contribution in [3.63, 3.8) is 0 Å². The van der Waals surface area contributed by atoms with Crippen molar-refractivity contribution in [3.8, 4) is 0 Å². The van der Waals surface area contributed by atoms with E-state index in [1.807, 2.05) is 24.0 Å². The SMILES string of the molecule is Cn1nccc1CCNCCC(C)(C)CCC(=O)O. The number of carboxylic acid groups (broad SMARTS) is 1. The van der Waals surface area contributed by atoms with Crippen LogP contribution < -0.4 is 5.32 Å². The minimum atomic E-state index is -0.711. The van der Waals surface area contributed by atoms with Crippen molar-refractivity contribution < 1.29 is 9.90 Å². The molecule has 0 aliphatic carbocycles. The van der Waals surface area contributed by atoms with Crippen LogP contribution >= 0.6 is 0 Å². The summed E-state index contributed by atoms with van der Waals surface area (Å²) >= 11 is 0. The lowest BCUT2D eigenvalue weighted by Gasteiger charge is -2.23. The van der Waals surface area contributed by atoms with E-state index in [-0.39, 0.29) is 11.8 Å². The lowest BCUT2D eigenvalue weighted by atomic mass is 9.84. The molecule has 0 atom stereocenters. The smallest absolute Gasteiger partial charge is 0.303 e. The minimum Gasteiger partial charge on any atom is -0.481 e. The Morgan fingerprint density at radius 3 is 2.74 bits per heavy atom. The summed E-state index contributed by atoms with van der Waals surface area (Å²) in [5.41, 5.74) is 1.30. The van der Waals surface area contributed by atoms with Gasteiger partial charge in [-0.25, -0.2) is 0 Å². The molecule has 1 heterocycles. The molecule has 0 radical (unpaired) electrons. The number of aromatic nitrogens is 2. The second kappa shape index (κ2) is 7.28. The average Bonchev–Trinajstić information content (AvgIpc) is 2.72. The van der Waals surface area contributed by atoms with Gasteiger partial charge in [0.05, 0.1) is 0 Å². The number of rotatable bonds is 9. The molecule has 0 saturated carbocycles. The third-order valence-electron chi connectivity index (χ3n) is 3.47. The molecule has 108 valence electrons. The van der Waals surface area contributed by atoms with E-state index in [4.69, 9.17) is 5.11 Å². The number of aliphatic carboxylic acids is 1. The van der Waals surface area contributed by atoms with Gasteiger partial charge in [0.1, 0.15) is 0 Å². The Hall–Kier alpha value is -1.36. The first-order chi connectivity index (χ1) is 8.91. The molecule has 1 aromatic rings. The Morgan fingerprint density at radius 1 is 1.42 bits per heavy atom. The summed E-state index contributed by atoms with van der Waals surface area (Å²) in [6.45, 7) is 6.09. The van der Waals surface area contributed by atoms with Crippen LogP contribution in [0.25, 0.3) is 0 Å². The zero-order valence-electron chi connectivity index (χ0n) is 12.1. The molecule has 2 N–H and O–H groups in total. The maximum absolute atomic E-state index is 10.6. The molecular formula is C14H25N3O2. The summed E-state index contributed by atoms with van der Waals surface area (Å²) in [6, 6.07) is 2.03. The fourth-order valence-corrected chi connectivity index (χ4v) is 1.99. The second-order valence-electron chi connectivity index (χ2n) is 5.75. The van der Waals surface area contributed by atoms with Gasteiger partial charge in [-0.2, -0.15) is 5.10 Å². The van der Waals surface area contributed by atoms with Gasteiger partial charge in [-0.3, -0.25) is 9.48 Å². The lowest BCUT2D eigenvalue weighted by molar-refractivity contribution is -0.137. The van der Waals surface area contributed by atoms with E-state index in [1.54, 1.807) is 0 Å². The van der Waals surface area contributed by atoms with E-state index in [0.717, 1.165) is 32.4 Å². The van der Waals surface area contributed by atoms with Crippen molar-refractivity contribution in [1.29, 1.82) is 0 Å².